The van der Waals surface area contributed by atoms with Gasteiger partial charge in [-0.25, -0.2) is 0 Å². The van der Waals surface area contributed by atoms with Gasteiger partial charge in [-0.3, -0.25) is 10.6 Å². The molecule has 0 amide bonds. The predicted molar refractivity (Wildman–Crippen MR) is 94.2 cm³/mol. The minimum absolute atomic E-state index is 0.0208. The lowest BCUT2D eigenvalue weighted by molar-refractivity contribution is 0.226. The third-order valence-corrected chi connectivity index (χ3v) is 5.30. The highest BCUT2D eigenvalue weighted by atomic mass is 16.5. The SMILES string of the molecule is COc1c(O)cc2c3c1-c1cc(OCN)c(O)cc1CC3N(C)CC2. The minimum atomic E-state index is -0.0208. The molecule has 0 aromatic heterocycles. The van der Waals surface area contributed by atoms with Crippen molar-refractivity contribution in [2.45, 2.75) is 18.9 Å². The number of rotatable bonds is 3. The molecule has 0 radical (unpaired) electrons. The fourth-order valence-electron chi connectivity index (χ4n) is 4.14. The van der Waals surface area contributed by atoms with Crippen molar-refractivity contribution < 1.29 is 19.7 Å². The zero-order valence-electron chi connectivity index (χ0n) is 14.4. The molecule has 25 heavy (non-hydrogen) atoms. The Morgan fingerprint density at radius 3 is 2.68 bits per heavy atom. The standard InChI is InChI=1S/C19H22N2O4/c1-21-4-3-10-6-15(23)19(24-2)18-12-8-16(25-9-20)14(22)7-11(12)5-13(21)17(10)18/h6-8,13,22-23H,3-5,9,20H2,1-2H3. The van der Waals surface area contributed by atoms with E-state index >= 15 is 0 Å². The largest absolute Gasteiger partial charge is 0.504 e. The molecule has 132 valence electrons. The van der Waals surface area contributed by atoms with Crippen LogP contribution in [0.25, 0.3) is 11.1 Å². The number of nitrogens with zero attached hydrogens (tertiary/aromatic N) is 1. The van der Waals surface area contributed by atoms with E-state index in [2.05, 4.69) is 11.9 Å². The van der Waals surface area contributed by atoms with Gasteiger partial charge in [0.15, 0.2) is 23.0 Å². The Kier molecular flexibility index (Phi) is 3.74. The van der Waals surface area contributed by atoms with Gasteiger partial charge in [-0.2, -0.15) is 0 Å². The molecule has 0 bridgehead atoms. The first-order valence-corrected chi connectivity index (χ1v) is 8.37. The van der Waals surface area contributed by atoms with Gasteiger partial charge in [-0.1, -0.05) is 0 Å². The number of benzene rings is 2. The summed E-state index contributed by atoms with van der Waals surface area (Å²) in [5, 5.41) is 20.7. The Morgan fingerprint density at radius 2 is 1.96 bits per heavy atom. The first kappa shape index (κ1) is 16.1. The second kappa shape index (κ2) is 5.82. The van der Waals surface area contributed by atoms with E-state index in [1.54, 1.807) is 19.2 Å². The molecule has 1 atom stereocenters. The van der Waals surface area contributed by atoms with E-state index in [4.69, 9.17) is 15.2 Å². The topological polar surface area (TPSA) is 88.2 Å². The third kappa shape index (κ3) is 2.33. The van der Waals surface area contributed by atoms with Crippen LogP contribution in [0.4, 0.5) is 0 Å². The van der Waals surface area contributed by atoms with Gasteiger partial charge < -0.3 is 19.7 Å². The van der Waals surface area contributed by atoms with Crippen molar-refractivity contribution in [3.8, 4) is 34.1 Å². The van der Waals surface area contributed by atoms with Gasteiger partial charge in [-0.05, 0) is 60.3 Å². The van der Waals surface area contributed by atoms with Crippen LogP contribution in [0.15, 0.2) is 18.2 Å². The Hall–Kier alpha value is -2.44. The smallest absolute Gasteiger partial charge is 0.168 e. The van der Waals surface area contributed by atoms with Crippen LogP contribution in [0.2, 0.25) is 0 Å². The predicted octanol–water partition coefficient (Wildman–Crippen LogP) is 2.15. The van der Waals surface area contributed by atoms with Crippen LogP contribution < -0.4 is 15.2 Å². The van der Waals surface area contributed by atoms with Crippen LogP contribution in [0.1, 0.15) is 22.7 Å². The molecule has 0 spiro atoms. The van der Waals surface area contributed by atoms with Crippen LogP contribution in [-0.2, 0) is 12.8 Å². The lowest BCUT2D eigenvalue weighted by Crippen LogP contribution is -2.35. The van der Waals surface area contributed by atoms with Crippen molar-refractivity contribution in [2.24, 2.45) is 5.73 Å². The Balaban J connectivity index is 2.04. The molecule has 4 rings (SSSR count). The highest BCUT2D eigenvalue weighted by Gasteiger charge is 2.36. The molecule has 0 fully saturated rings. The summed E-state index contributed by atoms with van der Waals surface area (Å²) >= 11 is 0. The Morgan fingerprint density at radius 1 is 1.20 bits per heavy atom. The van der Waals surface area contributed by atoms with E-state index in [1.165, 1.54) is 5.56 Å². The Bertz CT molecular complexity index is 850. The van der Waals surface area contributed by atoms with Crippen LogP contribution in [-0.4, -0.2) is 42.5 Å². The van der Waals surface area contributed by atoms with Gasteiger partial charge in [-0.15, -0.1) is 0 Å². The molecule has 2 aliphatic rings. The lowest BCUT2D eigenvalue weighted by atomic mass is 9.76. The first-order valence-electron chi connectivity index (χ1n) is 8.37. The normalized spacial score (nSPS) is 18.4. The number of hydrogen-bond donors (Lipinski definition) is 3. The van der Waals surface area contributed by atoms with Gasteiger partial charge in [0.25, 0.3) is 0 Å². The summed E-state index contributed by atoms with van der Waals surface area (Å²) in [6.45, 7) is 0.908. The number of fused-ring (bicyclic) bond motifs is 2. The summed E-state index contributed by atoms with van der Waals surface area (Å²) in [6, 6.07) is 5.54. The molecule has 0 saturated heterocycles. The number of hydrogen-bond acceptors (Lipinski definition) is 6. The summed E-state index contributed by atoms with van der Waals surface area (Å²) in [4.78, 5) is 2.31. The van der Waals surface area contributed by atoms with Gasteiger partial charge in [0, 0.05) is 18.2 Å². The van der Waals surface area contributed by atoms with Gasteiger partial charge in [0.2, 0.25) is 0 Å². The average Bonchev–Trinajstić information content (AvgIpc) is 2.59. The van der Waals surface area contributed by atoms with E-state index < -0.39 is 0 Å². The summed E-state index contributed by atoms with van der Waals surface area (Å²) in [7, 11) is 3.67. The van der Waals surface area contributed by atoms with Crippen molar-refractivity contribution in [1.82, 2.24) is 4.90 Å². The third-order valence-electron chi connectivity index (χ3n) is 5.30. The fraction of sp³-hybridized carbons (Fsp3) is 0.368. The molecule has 1 heterocycles. The number of methoxy groups -OCH3 is 1. The second-order valence-electron chi connectivity index (χ2n) is 6.62. The van der Waals surface area contributed by atoms with E-state index in [9.17, 15) is 10.2 Å². The number of aromatic hydroxyl groups is 2. The van der Waals surface area contributed by atoms with Gasteiger partial charge in [0.1, 0.15) is 6.73 Å². The number of ether oxygens (including phenoxy) is 2. The monoisotopic (exact) mass is 342 g/mol. The minimum Gasteiger partial charge on any atom is -0.504 e. The maximum Gasteiger partial charge on any atom is 0.168 e. The molecule has 2 aromatic carbocycles. The summed E-state index contributed by atoms with van der Waals surface area (Å²) in [5.74, 6) is 1.01. The lowest BCUT2D eigenvalue weighted by Gasteiger charge is -2.40. The molecule has 6 nitrogen and oxygen atoms in total. The van der Waals surface area contributed by atoms with E-state index in [-0.39, 0.29) is 24.3 Å². The number of phenols is 2. The maximum absolute atomic E-state index is 10.5. The molecular weight excluding hydrogens is 320 g/mol. The molecular formula is C19H22N2O4. The maximum atomic E-state index is 10.5. The van der Waals surface area contributed by atoms with Crippen molar-refractivity contribution in [3.63, 3.8) is 0 Å². The zero-order chi connectivity index (χ0) is 17.7. The molecule has 1 aliphatic carbocycles. The van der Waals surface area contributed by atoms with Crippen molar-refractivity contribution in [1.29, 1.82) is 0 Å². The quantitative estimate of drug-likeness (QED) is 0.741. The second-order valence-corrected chi connectivity index (χ2v) is 6.62. The number of nitrogens with two attached hydrogens (primary N) is 1. The number of phenolic OH excluding ortho intramolecular Hbond substituents is 2. The average molecular weight is 342 g/mol. The Labute approximate surface area is 146 Å². The molecule has 1 unspecified atom stereocenters. The van der Waals surface area contributed by atoms with E-state index in [0.29, 0.717) is 11.5 Å². The molecule has 0 saturated carbocycles. The van der Waals surface area contributed by atoms with E-state index in [0.717, 1.165) is 41.6 Å². The van der Waals surface area contributed by atoms with Crippen molar-refractivity contribution >= 4 is 0 Å². The van der Waals surface area contributed by atoms with Crippen LogP contribution in [0.3, 0.4) is 0 Å². The number of likely N-dealkylation sites (N-methyl/N-ethyl adjacent to an activating group) is 1. The molecule has 6 heteroatoms. The molecule has 1 aliphatic heterocycles. The van der Waals surface area contributed by atoms with Crippen LogP contribution in [0.5, 0.6) is 23.0 Å². The van der Waals surface area contributed by atoms with Crippen LogP contribution in [0, 0.1) is 0 Å². The van der Waals surface area contributed by atoms with Crippen molar-refractivity contribution in [2.75, 3.05) is 27.4 Å². The van der Waals surface area contributed by atoms with Crippen LogP contribution >= 0.6 is 0 Å². The van der Waals surface area contributed by atoms with Gasteiger partial charge >= 0.3 is 0 Å². The van der Waals surface area contributed by atoms with E-state index in [1.807, 2.05) is 6.07 Å². The summed E-state index contributed by atoms with van der Waals surface area (Å²) in [6.07, 6.45) is 1.67. The molecule has 2 aromatic rings. The molecule has 4 N–H and O–H groups in total. The summed E-state index contributed by atoms with van der Waals surface area (Å²) in [5.41, 5.74) is 10.6. The zero-order valence-corrected chi connectivity index (χ0v) is 14.4. The summed E-state index contributed by atoms with van der Waals surface area (Å²) < 4.78 is 10.9. The highest BCUT2D eigenvalue weighted by molar-refractivity contribution is 5.84. The van der Waals surface area contributed by atoms with Gasteiger partial charge in [0.05, 0.1) is 7.11 Å². The highest BCUT2D eigenvalue weighted by Crippen LogP contribution is 2.53. The van der Waals surface area contributed by atoms with Crippen molar-refractivity contribution in [3.05, 3.63) is 34.9 Å². The fourth-order valence-corrected chi connectivity index (χ4v) is 4.14. The first-order chi connectivity index (χ1) is 12.0.